The van der Waals surface area contributed by atoms with E-state index in [4.69, 9.17) is 0 Å². The van der Waals surface area contributed by atoms with Crippen molar-refractivity contribution in [3.05, 3.63) is 81.9 Å². The first-order valence-electron chi connectivity index (χ1n) is 10.8. The van der Waals surface area contributed by atoms with Gasteiger partial charge in [0, 0.05) is 30.4 Å². The molecule has 1 aliphatic heterocycles. The summed E-state index contributed by atoms with van der Waals surface area (Å²) < 4.78 is 0. The average molecular weight is 442 g/mol. The molecule has 1 fully saturated rings. The highest BCUT2D eigenvalue weighted by molar-refractivity contribution is 6.06. The molecule has 5 rings (SSSR count). The van der Waals surface area contributed by atoms with E-state index < -0.39 is 10.8 Å². The van der Waals surface area contributed by atoms with Crippen molar-refractivity contribution in [3.63, 3.8) is 0 Å². The minimum absolute atomic E-state index is 0.0532. The Labute approximate surface area is 189 Å². The van der Waals surface area contributed by atoms with Gasteiger partial charge in [0.1, 0.15) is 16.7 Å². The predicted molar refractivity (Wildman–Crippen MR) is 126 cm³/mol. The van der Waals surface area contributed by atoms with Gasteiger partial charge in [-0.15, -0.1) is 10.2 Å². The molecule has 0 spiro atoms. The number of carbonyl (C=O) groups excluding carboxylic acids is 1. The van der Waals surface area contributed by atoms with Gasteiger partial charge in [0.25, 0.3) is 11.6 Å². The number of nitrogens with zero attached hydrogens (tertiary/aromatic N) is 5. The molecule has 4 aromatic rings. The molecule has 9 heteroatoms. The Hall–Kier alpha value is -4.27. The van der Waals surface area contributed by atoms with Gasteiger partial charge >= 0.3 is 0 Å². The summed E-state index contributed by atoms with van der Waals surface area (Å²) in [6, 6.07) is 17.8. The summed E-state index contributed by atoms with van der Waals surface area (Å²) in [5, 5.41) is 23.6. The largest absolute Gasteiger partial charge is 0.366 e. The van der Waals surface area contributed by atoms with E-state index in [2.05, 4.69) is 15.5 Å². The van der Waals surface area contributed by atoms with Crippen molar-refractivity contribution >= 4 is 34.0 Å². The molecule has 0 radical (unpaired) electrons. The van der Waals surface area contributed by atoms with Crippen LogP contribution >= 0.6 is 0 Å². The van der Waals surface area contributed by atoms with Crippen molar-refractivity contribution in [1.82, 2.24) is 15.0 Å². The van der Waals surface area contributed by atoms with E-state index in [-0.39, 0.29) is 11.3 Å². The second-order valence-electron chi connectivity index (χ2n) is 8.09. The zero-order chi connectivity index (χ0) is 22.9. The van der Waals surface area contributed by atoms with Crippen molar-refractivity contribution in [3.8, 4) is 5.69 Å². The summed E-state index contributed by atoms with van der Waals surface area (Å²) in [6.45, 7) is 3.44. The number of fused-ring (bicyclic) bond motifs is 1. The van der Waals surface area contributed by atoms with Gasteiger partial charge in [0.2, 0.25) is 0 Å². The van der Waals surface area contributed by atoms with E-state index >= 15 is 0 Å². The topological polar surface area (TPSA) is 106 Å². The first kappa shape index (κ1) is 20.6. The minimum atomic E-state index is -0.427. The smallest absolute Gasteiger partial charge is 0.293 e. The molecule has 1 aliphatic rings. The van der Waals surface area contributed by atoms with E-state index in [0.29, 0.717) is 22.4 Å². The first-order chi connectivity index (χ1) is 16.0. The number of para-hydroxylation sites is 1. The van der Waals surface area contributed by atoms with Crippen LogP contribution in [0, 0.1) is 17.0 Å². The molecule has 1 N–H and O–H groups in total. The van der Waals surface area contributed by atoms with Gasteiger partial charge in [-0.25, -0.2) is 0 Å². The van der Waals surface area contributed by atoms with E-state index in [1.165, 1.54) is 6.07 Å². The Morgan fingerprint density at radius 3 is 2.39 bits per heavy atom. The van der Waals surface area contributed by atoms with Crippen LogP contribution in [0.3, 0.4) is 0 Å². The lowest BCUT2D eigenvalue weighted by Gasteiger charge is -2.18. The second-order valence-corrected chi connectivity index (χ2v) is 8.09. The Balaban J connectivity index is 1.43. The number of benzene rings is 3. The lowest BCUT2D eigenvalue weighted by atomic mass is 10.1. The molecule has 0 saturated carbocycles. The van der Waals surface area contributed by atoms with Gasteiger partial charge in [0.05, 0.1) is 10.6 Å². The highest BCUT2D eigenvalue weighted by Crippen LogP contribution is 2.32. The lowest BCUT2D eigenvalue weighted by Crippen LogP contribution is -2.20. The molecule has 0 bridgehead atoms. The standard InChI is InChI=1S/C24H22N6O3/c1-16-13-20-21(27-29(26-20)18-7-3-2-4-8-18)15-19(16)25-24(31)17-9-10-22(23(14-17)30(32)33)28-11-5-6-12-28/h2-4,7-10,13-15H,5-6,11-12H2,1H3,(H,25,31). The maximum atomic E-state index is 12.9. The van der Waals surface area contributed by atoms with Gasteiger partial charge < -0.3 is 10.2 Å². The van der Waals surface area contributed by atoms with E-state index in [9.17, 15) is 14.9 Å². The van der Waals surface area contributed by atoms with E-state index in [1.807, 2.05) is 48.2 Å². The zero-order valence-corrected chi connectivity index (χ0v) is 18.1. The number of aromatic nitrogens is 3. The number of rotatable bonds is 5. The molecular weight excluding hydrogens is 420 g/mol. The maximum Gasteiger partial charge on any atom is 0.293 e. The lowest BCUT2D eigenvalue weighted by molar-refractivity contribution is -0.384. The van der Waals surface area contributed by atoms with Crippen LogP contribution in [-0.2, 0) is 0 Å². The predicted octanol–water partition coefficient (Wildman–Crippen LogP) is 4.49. The fourth-order valence-electron chi connectivity index (χ4n) is 4.11. The van der Waals surface area contributed by atoms with Crippen LogP contribution in [0.15, 0.2) is 60.7 Å². The van der Waals surface area contributed by atoms with Crippen LogP contribution in [-0.4, -0.2) is 38.9 Å². The van der Waals surface area contributed by atoms with Crippen LogP contribution in [0.2, 0.25) is 0 Å². The number of nitrogens with one attached hydrogen (secondary N) is 1. The zero-order valence-electron chi connectivity index (χ0n) is 18.1. The van der Waals surface area contributed by atoms with Crippen LogP contribution in [0.1, 0.15) is 28.8 Å². The summed E-state index contributed by atoms with van der Waals surface area (Å²) in [7, 11) is 0. The number of aryl methyl sites for hydroxylation is 1. The monoisotopic (exact) mass is 442 g/mol. The van der Waals surface area contributed by atoms with Gasteiger partial charge in [-0.1, -0.05) is 18.2 Å². The Bertz CT molecular complexity index is 1360. The molecule has 3 aromatic carbocycles. The van der Waals surface area contributed by atoms with Crippen LogP contribution in [0.25, 0.3) is 16.7 Å². The van der Waals surface area contributed by atoms with Crippen LogP contribution in [0.4, 0.5) is 17.1 Å². The Morgan fingerprint density at radius 1 is 1.00 bits per heavy atom. The van der Waals surface area contributed by atoms with Gasteiger partial charge in [-0.2, -0.15) is 4.80 Å². The summed E-state index contributed by atoms with van der Waals surface area (Å²) in [5.41, 5.74) is 4.32. The molecule has 9 nitrogen and oxygen atoms in total. The summed E-state index contributed by atoms with van der Waals surface area (Å²) in [6.07, 6.45) is 2.02. The van der Waals surface area contributed by atoms with Gasteiger partial charge in [0.15, 0.2) is 0 Å². The summed E-state index contributed by atoms with van der Waals surface area (Å²) in [5.74, 6) is -0.413. The van der Waals surface area contributed by atoms with Crippen molar-refractivity contribution in [2.75, 3.05) is 23.3 Å². The SMILES string of the molecule is Cc1cc2nn(-c3ccccc3)nc2cc1NC(=O)c1ccc(N2CCCC2)c([N+](=O)[O-])c1. The molecule has 2 heterocycles. The number of anilines is 2. The maximum absolute atomic E-state index is 12.9. The number of nitro groups is 1. The molecule has 0 unspecified atom stereocenters. The van der Waals surface area contributed by atoms with E-state index in [0.717, 1.165) is 37.2 Å². The van der Waals surface area contributed by atoms with Crippen LogP contribution < -0.4 is 10.2 Å². The summed E-state index contributed by atoms with van der Waals surface area (Å²) >= 11 is 0. The highest BCUT2D eigenvalue weighted by Gasteiger charge is 2.24. The molecule has 166 valence electrons. The fourth-order valence-corrected chi connectivity index (χ4v) is 4.11. The number of nitro benzene ring substituents is 1. The normalized spacial score (nSPS) is 13.4. The number of carbonyl (C=O) groups is 1. The fraction of sp³-hybridized carbons (Fsp3) is 0.208. The quantitative estimate of drug-likeness (QED) is 0.361. The third-order valence-corrected chi connectivity index (χ3v) is 5.84. The number of amides is 1. The molecule has 1 amide bonds. The molecular formula is C24H22N6O3. The third-order valence-electron chi connectivity index (χ3n) is 5.84. The molecule has 1 aromatic heterocycles. The first-order valence-corrected chi connectivity index (χ1v) is 10.8. The van der Waals surface area contributed by atoms with Crippen LogP contribution in [0.5, 0.6) is 0 Å². The number of hydrogen-bond donors (Lipinski definition) is 1. The Morgan fingerprint density at radius 2 is 1.70 bits per heavy atom. The van der Waals surface area contributed by atoms with Gasteiger partial charge in [-0.3, -0.25) is 14.9 Å². The van der Waals surface area contributed by atoms with Gasteiger partial charge in [-0.05, 0) is 61.7 Å². The Kier molecular flexibility index (Phi) is 5.21. The van der Waals surface area contributed by atoms with Crippen molar-refractivity contribution in [2.45, 2.75) is 19.8 Å². The molecule has 0 atom stereocenters. The highest BCUT2D eigenvalue weighted by atomic mass is 16.6. The average Bonchev–Trinajstić information content (AvgIpc) is 3.49. The molecule has 1 saturated heterocycles. The summed E-state index contributed by atoms with van der Waals surface area (Å²) in [4.78, 5) is 27.7. The molecule has 0 aliphatic carbocycles. The number of hydrogen-bond acceptors (Lipinski definition) is 6. The van der Waals surface area contributed by atoms with E-state index in [1.54, 1.807) is 23.0 Å². The minimum Gasteiger partial charge on any atom is -0.366 e. The third kappa shape index (κ3) is 4.00. The molecule has 33 heavy (non-hydrogen) atoms. The second kappa shape index (κ2) is 8.34. The van der Waals surface area contributed by atoms with Crippen molar-refractivity contribution in [2.24, 2.45) is 0 Å². The van der Waals surface area contributed by atoms with Crippen molar-refractivity contribution < 1.29 is 9.72 Å². The van der Waals surface area contributed by atoms with Crippen molar-refractivity contribution in [1.29, 1.82) is 0 Å².